The molecule has 0 aliphatic carbocycles. The minimum atomic E-state index is -0.228. The molecule has 0 unspecified atom stereocenters. The Kier molecular flexibility index (Phi) is 2.29. The molecule has 1 aromatic rings. The average molecular weight is 250 g/mol. The van der Waals surface area contributed by atoms with Crippen molar-refractivity contribution in [2.75, 3.05) is 18.7 Å². The van der Waals surface area contributed by atoms with E-state index in [9.17, 15) is 4.79 Å². The molecular weight excluding hydrogens is 242 g/mol. The van der Waals surface area contributed by atoms with Gasteiger partial charge in [0.05, 0.1) is 5.69 Å². The van der Waals surface area contributed by atoms with E-state index in [1.807, 2.05) is 0 Å². The third-order valence-corrected chi connectivity index (χ3v) is 2.73. The summed E-state index contributed by atoms with van der Waals surface area (Å²) >= 11 is 5.91. The van der Waals surface area contributed by atoms with Crippen molar-refractivity contribution in [3.8, 4) is 0 Å². The summed E-state index contributed by atoms with van der Waals surface area (Å²) in [4.78, 5) is 11.8. The number of benzene rings is 1. The zero-order chi connectivity index (χ0) is 11.8. The highest BCUT2D eigenvalue weighted by atomic mass is 35.5. The Bertz CT molecular complexity index is 546. The quantitative estimate of drug-likeness (QED) is 0.823. The molecule has 1 N–H and O–H groups in total. The lowest BCUT2D eigenvalue weighted by Crippen LogP contribution is -2.21. The van der Waals surface area contributed by atoms with Gasteiger partial charge in [0, 0.05) is 10.6 Å². The van der Waals surface area contributed by atoms with Crippen LogP contribution in [0.25, 0.3) is 0 Å². The molecule has 0 saturated carbocycles. The predicted octanol–water partition coefficient (Wildman–Crippen LogP) is 1.68. The number of carbonyl (C=O) groups excluding carboxylic acids is 1. The highest BCUT2D eigenvalue weighted by Gasteiger charge is 2.27. The Labute approximate surface area is 102 Å². The summed E-state index contributed by atoms with van der Waals surface area (Å²) in [6.45, 7) is 0.763. The van der Waals surface area contributed by atoms with Crippen molar-refractivity contribution >= 4 is 28.9 Å². The normalized spacial score (nSPS) is 19.9. The van der Waals surface area contributed by atoms with Crippen LogP contribution in [0.4, 0.5) is 5.69 Å². The van der Waals surface area contributed by atoms with Crippen molar-refractivity contribution in [3.05, 3.63) is 28.8 Å². The number of nitrogens with zero attached hydrogens (tertiary/aromatic N) is 4. The van der Waals surface area contributed by atoms with E-state index >= 15 is 0 Å². The van der Waals surface area contributed by atoms with Crippen LogP contribution in [-0.4, -0.2) is 30.0 Å². The number of hydrazone groups is 1. The third kappa shape index (κ3) is 1.76. The molecule has 7 heteroatoms. The summed E-state index contributed by atoms with van der Waals surface area (Å²) < 4.78 is 0. The largest absolute Gasteiger partial charge is 0.320 e. The number of hydrogen-bond acceptors (Lipinski definition) is 5. The second-order valence-corrected chi connectivity index (χ2v) is 4.10. The Morgan fingerprint density at radius 1 is 1.35 bits per heavy atom. The molecule has 2 heterocycles. The average Bonchev–Trinajstić information content (AvgIpc) is 2.90. The maximum absolute atomic E-state index is 11.8. The van der Waals surface area contributed by atoms with Gasteiger partial charge in [-0.3, -0.25) is 4.79 Å². The first kappa shape index (κ1) is 10.2. The number of azo groups is 1. The molecule has 2 aliphatic rings. The van der Waals surface area contributed by atoms with Gasteiger partial charge in [0.1, 0.15) is 13.3 Å². The molecule has 0 saturated heterocycles. The minimum Gasteiger partial charge on any atom is -0.320 e. The van der Waals surface area contributed by atoms with Crippen molar-refractivity contribution in [1.29, 1.82) is 0 Å². The number of rotatable bonds is 1. The molecule has 17 heavy (non-hydrogen) atoms. The first-order valence-corrected chi connectivity index (χ1v) is 5.40. The van der Waals surface area contributed by atoms with Crippen molar-refractivity contribution in [3.63, 3.8) is 0 Å². The van der Waals surface area contributed by atoms with Gasteiger partial charge >= 0.3 is 0 Å². The van der Waals surface area contributed by atoms with E-state index in [0.717, 1.165) is 11.3 Å². The fourth-order valence-corrected chi connectivity index (χ4v) is 1.88. The summed E-state index contributed by atoms with van der Waals surface area (Å²) in [7, 11) is 0. The Balaban J connectivity index is 2.01. The van der Waals surface area contributed by atoms with Gasteiger partial charge in [-0.15, -0.1) is 0 Å². The molecule has 0 radical (unpaired) electrons. The van der Waals surface area contributed by atoms with Gasteiger partial charge in [0.25, 0.3) is 5.91 Å². The van der Waals surface area contributed by atoms with Gasteiger partial charge in [-0.25, -0.2) is 5.01 Å². The van der Waals surface area contributed by atoms with Gasteiger partial charge in [-0.05, 0) is 18.2 Å². The predicted molar refractivity (Wildman–Crippen MR) is 63.0 cm³/mol. The number of amides is 1. The van der Waals surface area contributed by atoms with Crippen molar-refractivity contribution in [2.24, 2.45) is 15.3 Å². The number of fused-ring (bicyclic) bond motifs is 1. The molecule has 6 nitrogen and oxygen atoms in total. The number of halogens is 1. The fraction of sp³-hybridized carbons (Fsp3) is 0.200. The zero-order valence-corrected chi connectivity index (χ0v) is 9.48. The van der Waals surface area contributed by atoms with E-state index in [-0.39, 0.29) is 5.91 Å². The maximum Gasteiger partial charge on any atom is 0.276 e. The van der Waals surface area contributed by atoms with Gasteiger partial charge in [-0.1, -0.05) is 11.6 Å². The summed E-state index contributed by atoms with van der Waals surface area (Å²) in [5.74, 6) is -0.228. The maximum atomic E-state index is 11.8. The summed E-state index contributed by atoms with van der Waals surface area (Å²) in [6, 6.07) is 5.21. The van der Waals surface area contributed by atoms with Gasteiger partial charge in [0.15, 0.2) is 5.71 Å². The van der Waals surface area contributed by atoms with Crippen LogP contribution in [0.1, 0.15) is 5.56 Å². The standard InChI is InChI=1S/C10H8ClN5O/c11-6-1-2-8-7(3-6)9(10(17)14-8)15-16-4-12-13-5-16/h1-3H,4-5H2,(H,14,15,17). The van der Waals surface area contributed by atoms with E-state index < -0.39 is 0 Å². The van der Waals surface area contributed by atoms with E-state index in [2.05, 4.69) is 20.6 Å². The number of nitrogens with one attached hydrogen (secondary N) is 1. The van der Waals surface area contributed by atoms with Crippen LogP contribution in [0.3, 0.4) is 0 Å². The fourth-order valence-electron chi connectivity index (χ4n) is 1.71. The van der Waals surface area contributed by atoms with E-state index in [1.165, 1.54) is 0 Å². The topological polar surface area (TPSA) is 69.4 Å². The summed E-state index contributed by atoms with van der Waals surface area (Å²) in [6.07, 6.45) is 0. The van der Waals surface area contributed by atoms with Crippen molar-refractivity contribution in [1.82, 2.24) is 5.01 Å². The van der Waals surface area contributed by atoms with Crippen LogP contribution in [0, 0.1) is 0 Å². The second-order valence-electron chi connectivity index (χ2n) is 3.66. The molecular formula is C10H8ClN5O. The minimum absolute atomic E-state index is 0.228. The molecule has 0 aromatic heterocycles. The molecule has 0 bridgehead atoms. The van der Waals surface area contributed by atoms with Gasteiger partial charge in [0.2, 0.25) is 0 Å². The Morgan fingerprint density at radius 3 is 2.88 bits per heavy atom. The molecule has 86 valence electrons. The molecule has 1 aromatic carbocycles. The molecule has 3 rings (SSSR count). The lowest BCUT2D eigenvalue weighted by atomic mass is 10.1. The monoisotopic (exact) mass is 249 g/mol. The number of carbonyl (C=O) groups is 1. The van der Waals surface area contributed by atoms with Crippen LogP contribution < -0.4 is 5.32 Å². The highest BCUT2D eigenvalue weighted by molar-refractivity contribution is 6.54. The molecule has 0 fully saturated rings. The molecule has 0 spiro atoms. The van der Waals surface area contributed by atoms with Gasteiger partial charge < -0.3 is 5.32 Å². The smallest absolute Gasteiger partial charge is 0.276 e. The van der Waals surface area contributed by atoms with E-state index in [4.69, 9.17) is 11.6 Å². The van der Waals surface area contributed by atoms with Crippen LogP contribution >= 0.6 is 11.6 Å². The molecule has 1 amide bonds. The van der Waals surface area contributed by atoms with E-state index in [0.29, 0.717) is 24.1 Å². The van der Waals surface area contributed by atoms with E-state index in [1.54, 1.807) is 23.2 Å². The third-order valence-electron chi connectivity index (χ3n) is 2.49. The van der Waals surface area contributed by atoms with Crippen LogP contribution in [-0.2, 0) is 4.79 Å². The number of hydrogen-bond donors (Lipinski definition) is 1. The molecule has 2 aliphatic heterocycles. The lowest BCUT2D eigenvalue weighted by Gasteiger charge is -2.07. The molecule has 0 atom stereocenters. The number of anilines is 1. The van der Waals surface area contributed by atoms with Crippen molar-refractivity contribution in [2.45, 2.75) is 0 Å². The second kappa shape index (κ2) is 3.81. The highest BCUT2D eigenvalue weighted by Crippen LogP contribution is 2.27. The SMILES string of the molecule is O=C1Nc2ccc(Cl)cc2/C1=N\N1CN=NC1. The first-order chi connectivity index (χ1) is 8.24. The summed E-state index contributed by atoms with van der Waals surface area (Å²) in [5.41, 5.74) is 1.80. The zero-order valence-electron chi connectivity index (χ0n) is 8.72. The lowest BCUT2D eigenvalue weighted by molar-refractivity contribution is -0.110. The van der Waals surface area contributed by atoms with Crippen LogP contribution in [0.15, 0.2) is 33.5 Å². The summed E-state index contributed by atoms with van der Waals surface area (Å²) in [5, 5.41) is 16.7. The Morgan fingerprint density at radius 2 is 2.12 bits per heavy atom. The Hall–Kier alpha value is -1.95. The van der Waals surface area contributed by atoms with Crippen LogP contribution in [0.2, 0.25) is 5.02 Å². The first-order valence-electron chi connectivity index (χ1n) is 5.02. The van der Waals surface area contributed by atoms with Crippen LogP contribution in [0.5, 0.6) is 0 Å². The van der Waals surface area contributed by atoms with Gasteiger partial charge in [-0.2, -0.15) is 15.3 Å². The van der Waals surface area contributed by atoms with Crippen molar-refractivity contribution < 1.29 is 4.79 Å².